The molecule has 2 nitrogen and oxygen atoms in total. The summed E-state index contributed by atoms with van der Waals surface area (Å²) in [6.07, 6.45) is 6.23. The maximum absolute atomic E-state index is 4.47. The van der Waals surface area contributed by atoms with Gasteiger partial charge in [-0.3, -0.25) is 9.88 Å². The van der Waals surface area contributed by atoms with Crippen LogP contribution in [0.3, 0.4) is 0 Å². The molecule has 0 bridgehead atoms. The summed E-state index contributed by atoms with van der Waals surface area (Å²) >= 11 is 0. The summed E-state index contributed by atoms with van der Waals surface area (Å²) in [6, 6.07) is 21.0. The van der Waals surface area contributed by atoms with Crippen molar-refractivity contribution < 1.29 is 0 Å². The van der Waals surface area contributed by atoms with Crippen LogP contribution in [0.1, 0.15) is 24.0 Å². The van der Waals surface area contributed by atoms with Gasteiger partial charge in [-0.25, -0.2) is 0 Å². The van der Waals surface area contributed by atoms with Gasteiger partial charge in [0.05, 0.1) is 5.52 Å². The molecule has 3 aromatic rings. The molecule has 2 aromatic carbocycles. The van der Waals surface area contributed by atoms with Crippen molar-refractivity contribution in [3.63, 3.8) is 0 Å². The topological polar surface area (TPSA) is 16.1 Å². The molecule has 0 amide bonds. The Bertz CT molecular complexity index is 977. The van der Waals surface area contributed by atoms with Crippen LogP contribution >= 0.6 is 0 Å². The van der Waals surface area contributed by atoms with Crippen molar-refractivity contribution in [2.45, 2.75) is 12.8 Å². The zero-order valence-corrected chi connectivity index (χ0v) is 14.9. The number of rotatable bonds is 3. The molecule has 0 saturated heterocycles. The van der Waals surface area contributed by atoms with Gasteiger partial charge in [-0.15, -0.1) is 0 Å². The molecule has 0 atom stereocenters. The van der Waals surface area contributed by atoms with Crippen LogP contribution in [0, 0.1) is 11.8 Å². The summed E-state index contributed by atoms with van der Waals surface area (Å²) in [6.45, 7) is 3.15. The number of hydrogen-bond acceptors (Lipinski definition) is 2. The van der Waals surface area contributed by atoms with E-state index in [1.54, 1.807) is 0 Å². The first-order valence-electron chi connectivity index (χ1n) is 9.19. The number of nitrogens with zero attached hydrogens (tertiary/aromatic N) is 2. The Morgan fingerprint density at radius 3 is 2.69 bits per heavy atom. The fourth-order valence-electron chi connectivity index (χ4n) is 3.35. The predicted molar refractivity (Wildman–Crippen MR) is 109 cm³/mol. The summed E-state index contributed by atoms with van der Waals surface area (Å²) in [5, 5.41) is 1.15. The van der Waals surface area contributed by atoms with E-state index in [9.17, 15) is 0 Å². The minimum atomic E-state index is 0.890. The minimum Gasteiger partial charge on any atom is -0.298 e. The Morgan fingerprint density at radius 1 is 1.00 bits per heavy atom. The molecule has 0 aliphatic carbocycles. The van der Waals surface area contributed by atoms with Crippen LogP contribution in [0.5, 0.6) is 0 Å². The van der Waals surface area contributed by atoms with E-state index in [0.29, 0.717) is 0 Å². The van der Waals surface area contributed by atoms with Gasteiger partial charge in [0.2, 0.25) is 0 Å². The summed E-state index contributed by atoms with van der Waals surface area (Å²) in [4.78, 5) is 6.94. The van der Waals surface area contributed by atoms with E-state index in [2.05, 4.69) is 70.3 Å². The van der Waals surface area contributed by atoms with E-state index in [0.717, 1.165) is 48.9 Å². The monoisotopic (exact) mass is 338 g/mol. The first-order valence-corrected chi connectivity index (χ1v) is 9.19. The van der Waals surface area contributed by atoms with Crippen LogP contribution in [0.4, 0.5) is 0 Å². The number of fused-ring (bicyclic) bond motifs is 1. The van der Waals surface area contributed by atoms with Gasteiger partial charge >= 0.3 is 0 Å². The number of pyridine rings is 1. The summed E-state index contributed by atoms with van der Waals surface area (Å²) < 4.78 is 0. The molecule has 0 N–H and O–H groups in total. The van der Waals surface area contributed by atoms with E-state index < -0.39 is 0 Å². The molecule has 2 heterocycles. The Morgan fingerprint density at radius 2 is 1.85 bits per heavy atom. The Balaban J connectivity index is 1.31. The SMILES string of the molecule is C(#Cc1cnc2ccccc2c1)CCN1CC=C(c2ccccc2)CC1. The lowest BCUT2D eigenvalue weighted by molar-refractivity contribution is 0.309. The van der Waals surface area contributed by atoms with Gasteiger partial charge in [-0.1, -0.05) is 66.4 Å². The van der Waals surface area contributed by atoms with E-state index in [-0.39, 0.29) is 0 Å². The van der Waals surface area contributed by atoms with Gasteiger partial charge in [0.15, 0.2) is 0 Å². The van der Waals surface area contributed by atoms with Crippen LogP contribution in [0.15, 0.2) is 72.9 Å². The first-order chi connectivity index (χ1) is 12.9. The second-order valence-electron chi connectivity index (χ2n) is 6.61. The van der Waals surface area contributed by atoms with Gasteiger partial charge in [0.25, 0.3) is 0 Å². The van der Waals surface area contributed by atoms with Crippen molar-refractivity contribution in [3.05, 3.63) is 84.1 Å². The van der Waals surface area contributed by atoms with Gasteiger partial charge in [0.1, 0.15) is 0 Å². The highest BCUT2D eigenvalue weighted by Crippen LogP contribution is 2.21. The molecule has 1 aromatic heterocycles. The highest BCUT2D eigenvalue weighted by molar-refractivity contribution is 5.79. The number of benzene rings is 2. The molecule has 0 radical (unpaired) electrons. The van der Waals surface area contributed by atoms with Crippen molar-refractivity contribution in [1.82, 2.24) is 9.88 Å². The molecule has 0 fully saturated rings. The molecular weight excluding hydrogens is 316 g/mol. The molecule has 2 heteroatoms. The van der Waals surface area contributed by atoms with Crippen molar-refractivity contribution in [2.75, 3.05) is 19.6 Å². The fourth-order valence-corrected chi connectivity index (χ4v) is 3.35. The Hall–Kier alpha value is -2.89. The predicted octanol–water partition coefficient (Wildman–Crippen LogP) is 4.77. The lowest BCUT2D eigenvalue weighted by Crippen LogP contribution is -2.29. The minimum absolute atomic E-state index is 0.890. The van der Waals surface area contributed by atoms with Gasteiger partial charge in [-0.05, 0) is 29.7 Å². The highest BCUT2D eigenvalue weighted by atomic mass is 15.1. The number of hydrogen-bond donors (Lipinski definition) is 0. The van der Waals surface area contributed by atoms with E-state index in [1.165, 1.54) is 11.1 Å². The van der Waals surface area contributed by atoms with Crippen LogP contribution in [-0.2, 0) is 0 Å². The van der Waals surface area contributed by atoms with E-state index in [1.807, 2.05) is 24.4 Å². The van der Waals surface area contributed by atoms with E-state index in [4.69, 9.17) is 0 Å². The van der Waals surface area contributed by atoms with Gasteiger partial charge in [0, 0.05) is 43.2 Å². The third-order valence-corrected chi connectivity index (χ3v) is 4.81. The number of para-hydroxylation sites is 1. The standard InChI is InChI=1S/C24H22N2/c1-2-9-21(10-3-1)22-13-16-26(17-14-22)15-7-6-8-20-18-23-11-4-5-12-24(23)25-19-20/h1-5,9-13,18-19H,7,14-17H2. The van der Waals surface area contributed by atoms with Crippen LogP contribution in [0.25, 0.3) is 16.5 Å². The average molecular weight is 338 g/mol. The summed E-state index contributed by atoms with van der Waals surface area (Å²) in [7, 11) is 0. The van der Waals surface area contributed by atoms with Gasteiger partial charge < -0.3 is 0 Å². The first kappa shape index (κ1) is 16.6. The lowest BCUT2D eigenvalue weighted by Gasteiger charge is -2.25. The second-order valence-corrected chi connectivity index (χ2v) is 6.61. The van der Waals surface area contributed by atoms with E-state index >= 15 is 0 Å². The second kappa shape index (κ2) is 7.99. The van der Waals surface area contributed by atoms with Crippen molar-refractivity contribution in [3.8, 4) is 11.8 Å². The molecule has 4 rings (SSSR count). The third kappa shape index (κ3) is 4.02. The average Bonchev–Trinajstić information content (AvgIpc) is 2.72. The fraction of sp³-hybridized carbons (Fsp3) is 0.208. The van der Waals surface area contributed by atoms with Crippen molar-refractivity contribution in [2.24, 2.45) is 0 Å². The van der Waals surface area contributed by atoms with Gasteiger partial charge in [-0.2, -0.15) is 0 Å². The Labute approximate surface area is 155 Å². The lowest BCUT2D eigenvalue weighted by atomic mass is 9.99. The Kier molecular flexibility index (Phi) is 5.09. The van der Waals surface area contributed by atoms with Crippen LogP contribution in [-0.4, -0.2) is 29.5 Å². The largest absolute Gasteiger partial charge is 0.298 e. The van der Waals surface area contributed by atoms with Crippen molar-refractivity contribution in [1.29, 1.82) is 0 Å². The zero-order chi connectivity index (χ0) is 17.6. The summed E-state index contributed by atoms with van der Waals surface area (Å²) in [5.41, 5.74) is 4.84. The molecule has 128 valence electrons. The third-order valence-electron chi connectivity index (χ3n) is 4.81. The van der Waals surface area contributed by atoms with Crippen molar-refractivity contribution >= 4 is 16.5 Å². The molecule has 1 aliphatic heterocycles. The van der Waals surface area contributed by atoms with Crippen LogP contribution in [0.2, 0.25) is 0 Å². The van der Waals surface area contributed by atoms with Crippen LogP contribution < -0.4 is 0 Å². The molecule has 1 aliphatic rings. The number of aromatic nitrogens is 1. The zero-order valence-electron chi connectivity index (χ0n) is 14.9. The molecule has 26 heavy (non-hydrogen) atoms. The molecule has 0 unspecified atom stereocenters. The summed E-state index contributed by atoms with van der Waals surface area (Å²) in [5.74, 6) is 6.56. The smallest absolute Gasteiger partial charge is 0.0702 e. The highest BCUT2D eigenvalue weighted by Gasteiger charge is 2.11. The maximum atomic E-state index is 4.47. The molecule has 0 spiro atoms. The molecule has 0 saturated carbocycles. The quantitative estimate of drug-likeness (QED) is 0.640. The maximum Gasteiger partial charge on any atom is 0.0702 e. The normalized spacial score (nSPS) is 14.5. The molecular formula is C24H22N2.